The largest absolute Gasteiger partial charge is 0.455 e. The fraction of sp³-hybridized carbons (Fsp3) is 0.100. The van der Waals surface area contributed by atoms with Gasteiger partial charge in [-0.2, -0.15) is 0 Å². The smallest absolute Gasteiger partial charge is 0.331 e. The number of rotatable bonds is 4. The highest BCUT2D eigenvalue weighted by atomic mass is 19.1. The zero-order chi connectivity index (χ0) is 16.9. The topological polar surface area (TPSA) is 39.2 Å². The number of aromatic nitrogens is 1. The van der Waals surface area contributed by atoms with Gasteiger partial charge in [0.25, 0.3) is 0 Å². The van der Waals surface area contributed by atoms with Crippen molar-refractivity contribution in [1.82, 2.24) is 4.98 Å². The van der Waals surface area contributed by atoms with Crippen LogP contribution in [0.25, 0.3) is 17.0 Å². The minimum Gasteiger partial charge on any atom is -0.455 e. The zero-order valence-corrected chi connectivity index (χ0v) is 13.1. The lowest BCUT2D eigenvalue weighted by atomic mass is 10.1. The van der Waals surface area contributed by atoms with Gasteiger partial charge >= 0.3 is 5.97 Å². The summed E-state index contributed by atoms with van der Waals surface area (Å²) in [5, 5.41) is 1.000. The number of pyridine rings is 1. The van der Waals surface area contributed by atoms with E-state index in [0.29, 0.717) is 0 Å². The van der Waals surface area contributed by atoms with Crippen LogP contribution in [0.2, 0.25) is 0 Å². The minimum atomic E-state index is -0.458. The number of carbonyl (C=O) groups is 1. The van der Waals surface area contributed by atoms with Crippen LogP contribution in [-0.4, -0.2) is 11.0 Å². The summed E-state index contributed by atoms with van der Waals surface area (Å²) in [5.41, 5.74) is 2.46. The molecule has 0 bridgehead atoms. The van der Waals surface area contributed by atoms with Crippen LogP contribution < -0.4 is 0 Å². The van der Waals surface area contributed by atoms with Crippen molar-refractivity contribution in [2.24, 2.45) is 0 Å². The number of halogens is 1. The van der Waals surface area contributed by atoms with Crippen molar-refractivity contribution in [3.63, 3.8) is 0 Å². The van der Waals surface area contributed by atoms with Crippen LogP contribution in [0.15, 0.2) is 66.9 Å². The number of para-hydroxylation sites is 1. The van der Waals surface area contributed by atoms with Crippen LogP contribution in [0.5, 0.6) is 0 Å². The fourth-order valence-electron chi connectivity index (χ4n) is 2.33. The molecule has 3 aromatic rings. The molecule has 0 aliphatic heterocycles. The van der Waals surface area contributed by atoms with Crippen LogP contribution in [0.1, 0.15) is 24.2 Å². The summed E-state index contributed by atoms with van der Waals surface area (Å²) in [5.74, 6) is -0.771. The van der Waals surface area contributed by atoms with Gasteiger partial charge in [0.05, 0.1) is 5.52 Å². The Morgan fingerprint density at radius 2 is 1.92 bits per heavy atom. The highest BCUT2D eigenvalue weighted by molar-refractivity contribution is 5.87. The van der Waals surface area contributed by atoms with Gasteiger partial charge in [-0.15, -0.1) is 0 Å². The van der Waals surface area contributed by atoms with E-state index in [9.17, 15) is 9.18 Å². The second kappa shape index (κ2) is 7.04. The Labute approximate surface area is 139 Å². The maximum atomic E-state index is 12.8. The predicted molar refractivity (Wildman–Crippen MR) is 91.7 cm³/mol. The maximum absolute atomic E-state index is 12.8. The van der Waals surface area contributed by atoms with Crippen molar-refractivity contribution in [1.29, 1.82) is 0 Å². The third kappa shape index (κ3) is 3.84. The van der Waals surface area contributed by atoms with Crippen molar-refractivity contribution in [2.75, 3.05) is 0 Å². The first kappa shape index (κ1) is 15.9. The van der Waals surface area contributed by atoms with Crippen molar-refractivity contribution in [3.8, 4) is 0 Å². The van der Waals surface area contributed by atoms with Gasteiger partial charge in [0.2, 0.25) is 0 Å². The number of esters is 1. The monoisotopic (exact) mass is 321 g/mol. The molecule has 120 valence electrons. The van der Waals surface area contributed by atoms with Gasteiger partial charge in [-0.1, -0.05) is 30.3 Å². The molecule has 0 saturated heterocycles. The molecule has 0 saturated carbocycles. The molecule has 1 heterocycles. The lowest BCUT2D eigenvalue weighted by Crippen LogP contribution is -2.06. The van der Waals surface area contributed by atoms with Crippen molar-refractivity contribution in [3.05, 3.63) is 83.8 Å². The Bertz CT molecular complexity index is 888. The first-order chi connectivity index (χ1) is 11.6. The van der Waals surface area contributed by atoms with Crippen LogP contribution in [-0.2, 0) is 9.53 Å². The number of fused-ring (bicyclic) bond motifs is 1. The van der Waals surface area contributed by atoms with E-state index >= 15 is 0 Å². The molecule has 4 heteroatoms. The number of carbonyl (C=O) groups excluding carboxylic acids is 1. The van der Waals surface area contributed by atoms with E-state index in [1.165, 1.54) is 18.2 Å². The third-order valence-corrected chi connectivity index (χ3v) is 3.66. The van der Waals surface area contributed by atoms with Crippen LogP contribution in [0, 0.1) is 5.82 Å². The van der Waals surface area contributed by atoms with E-state index in [1.807, 2.05) is 30.3 Å². The van der Waals surface area contributed by atoms with Gasteiger partial charge in [-0.05, 0) is 42.8 Å². The molecule has 0 radical (unpaired) electrons. The van der Waals surface area contributed by atoms with E-state index in [-0.39, 0.29) is 5.82 Å². The lowest BCUT2D eigenvalue weighted by molar-refractivity contribution is -0.142. The van der Waals surface area contributed by atoms with Crippen molar-refractivity contribution in [2.45, 2.75) is 13.0 Å². The first-order valence-electron chi connectivity index (χ1n) is 7.61. The number of hydrogen-bond acceptors (Lipinski definition) is 3. The summed E-state index contributed by atoms with van der Waals surface area (Å²) >= 11 is 0. The second-order valence-corrected chi connectivity index (χ2v) is 5.43. The summed E-state index contributed by atoms with van der Waals surface area (Å²) in [7, 11) is 0. The fourth-order valence-corrected chi connectivity index (χ4v) is 2.33. The Hall–Kier alpha value is -3.01. The number of benzene rings is 2. The average molecular weight is 321 g/mol. The molecule has 1 unspecified atom stereocenters. The standard InChI is InChI=1S/C20H16FNO2/c1-14(17-12-16-4-2-3-5-19(16)22-13-17)24-20(23)11-8-15-6-9-18(21)10-7-15/h2-14H,1H3/b11-8+. The Morgan fingerprint density at radius 1 is 1.17 bits per heavy atom. The summed E-state index contributed by atoms with van der Waals surface area (Å²) in [4.78, 5) is 16.3. The molecule has 0 aliphatic rings. The molecule has 3 nitrogen and oxygen atoms in total. The van der Waals surface area contributed by atoms with Crippen molar-refractivity contribution >= 4 is 22.9 Å². The summed E-state index contributed by atoms with van der Waals surface area (Å²) in [6.45, 7) is 1.80. The molecular weight excluding hydrogens is 305 g/mol. The molecule has 0 spiro atoms. The molecule has 1 atom stereocenters. The third-order valence-electron chi connectivity index (χ3n) is 3.66. The van der Waals surface area contributed by atoms with E-state index in [0.717, 1.165) is 22.0 Å². The van der Waals surface area contributed by atoms with E-state index < -0.39 is 12.1 Å². The number of ether oxygens (including phenoxy) is 1. The maximum Gasteiger partial charge on any atom is 0.331 e. The minimum absolute atomic E-state index is 0.313. The van der Waals surface area contributed by atoms with E-state index in [4.69, 9.17) is 4.74 Å². The molecule has 24 heavy (non-hydrogen) atoms. The van der Waals surface area contributed by atoms with Gasteiger partial charge in [-0.25, -0.2) is 9.18 Å². The molecule has 0 fully saturated rings. The summed E-state index contributed by atoms with van der Waals surface area (Å²) in [6.07, 6.45) is 4.22. The molecule has 2 aromatic carbocycles. The Kier molecular flexibility index (Phi) is 4.66. The Morgan fingerprint density at radius 3 is 2.71 bits per heavy atom. The molecular formula is C20H16FNO2. The summed E-state index contributed by atoms with van der Waals surface area (Å²) < 4.78 is 18.2. The molecule has 0 aliphatic carbocycles. The van der Waals surface area contributed by atoms with Gasteiger partial charge in [0.15, 0.2) is 0 Å². The highest BCUT2D eigenvalue weighted by Crippen LogP contribution is 2.21. The predicted octanol–water partition coefficient (Wildman–Crippen LogP) is 4.69. The van der Waals surface area contributed by atoms with Gasteiger partial charge in [0, 0.05) is 23.2 Å². The normalized spacial score (nSPS) is 12.4. The zero-order valence-electron chi connectivity index (χ0n) is 13.1. The van der Waals surface area contributed by atoms with Crippen molar-refractivity contribution < 1.29 is 13.9 Å². The van der Waals surface area contributed by atoms with Gasteiger partial charge in [0.1, 0.15) is 11.9 Å². The summed E-state index contributed by atoms with van der Waals surface area (Å²) in [6, 6.07) is 15.6. The SMILES string of the molecule is CC(OC(=O)/C=C/c1ccc(F)cc1)c1cnc2ccccc2c1. The van der Waals surface area contributed by atoms with Crippen LogP contribution in [0.3, 0.4) is 0 Å². The Balaban J connectivity index is 1.67. The first-order valence-corrected chi connectivity index (χ1v) is 7.61. The molecule has 1 aromatic heterocycles. The number of hydrogen-bond donors (Lipinski definition) is 0. The van der Waals surface area contributed by atoms with Gasteiger partial charge < -0.3 is 4.74 Å². The lowest BCUT2D eigenvalue weighted by Gasteiger charge is -2.12. The molecule has 0 N–H and O–H groups in total. The molecule has 3 rings (SSSR count). The van der Waals surface area contributed by atoms with Crippen LogP contribution >= 0.6 is 0 Å². The second-order valence-electron chi connectivity index (χ2n) is 5.43. The van der Waals surface area contributed by atoms with Crippen LogP contribution in [0.4, 0.5) is 4.39 Å². The molecule has 0 amide bonds. The number of nitrogens with zero attached hydrogens (tertiary/aromatic N) is 1. The average Bonchev–Trinajstić information content (AvgIpc) is 2.61. The van der Waals surface area contributed by atoms with Gasteiger partial charge in [-0.3, -0.25) is 4.98 Å². The highest BCUT2D eigenvalue weighted by Gasteiger charge is 2.10. The quantitative estimate of drug-likeness (QED) is 0.517. The van der Waals surface area contributed by atoms with E-state index in [1.54, 1.807) is 31.3 Å². The van der Waals surface area contributed by atoms with E-state index in [2.05, 4.69) is 4.98 Å².